The number of hydrogen-bond acceptors (Lipinski definition) is 0. The van der Waals surface area contributed by atoms with E-state index in [9.17, 15) is 0 Å². The van der Waals surface area contributed by atoms with Gasteiger partial charge in [-0.3, -0.25) is 0 Å². The molecule has 0 aromatic heterocycles. The molecule has 0 amide bonds. The smallest absolute Gasteiger partial charge is 0.000741 e. The van der Waals surface area contributed by atoms with E-state index in [2.05, 4.69) is 181 Å². The van der Waals surface area contributed by atoms with Gasteiger partial charge in [0.15, 0.2) is 0 Å². The van der Waals surface area contributed by atoms with Crippen LogP contribution in [0.5, 0.6) is 0 Å². The highest BCUT2D eigenvalue weighted by Crippen LogP contribution is 2.58. The van der Waals surface area contributed by atoms with Gasteiger partial charge in [0.25, 0.3) is 0 Å². The van der Waals surface area contributed by atoms with Gasteiger partial charge < -0.3 is 0 Å². The summed E-state index contributed by atoms with van der Waals surface area (Å²) in [4.78, 5) is 0. The molecule has 0 nitrogen and oxygen atoms in total. The lowest BCUT2D eigenvalue weighted by molar-refractivity contribution is 0.872. The normalized spacial score (nSPS) is 13.1. The van der Waals surface area contributed by atoms with E-state index in [1.165, 1.54) is 142 Å². The molecule has 0 bridgehead atoms. The zero-order chi connectivity index (χ0) is 38.4. The van der Waals surface area contributed by atoms with Crippen molar-refractivity contribution in [3.8, 4) is 33.4 Å². The fourth-order valence-electron chi connectivity index (χ4n) is 11.1. The van der Waals surface area contributed by atoms with Crippen molar-refractivity contribution in [1.29, 1.82) is 0 Å². The first-order valence-corrected chi connectivity index (χ1v) is 20.6. The van der Waals surface area contributed by atoms with Gasteiger partial charge in [-0.25, -0.2) is 0 Å². The number of rotatable bonds is 5. The average Bonchev–Trinajstić information content (AvgIpc) is 3.85. The second kappa shape index (κ2) is 11.5. The van der Waals surface area contributed by atoms with Crippen LogP contribution in [0.3, 0.4) is 0 Å². The van der Waals surface area contributed by atoms with Crippen molar-refractivity contribution in [3.05, 3.63) is 163 Å². The first kappa shape index (κ1) is 32.7. The van der Waals surface area contributed by atoms with E-state index in [1.54, 1.807) is 0 Å². The van der Waals surface area contributed by atoms with Gasteiger partial charge in [0.2, 0.25) is 0 Å². The van der Waals surface area contributed by atoms with Crippen molar-refractivity contribution >= 4 is 91.8 Å². The van der Waals surface area contributed by atoms with Crippen molar-refractivity contribution < 1.29 is 0 Å². The second-order valence-corrected chi connectivity index (χ2v) is 17.0. The standard InChI is InChI=1S/C57H42/c1-7-32(8-2)50-47-28-42-44(29-48(47)51(34-16-10-9-11-17-34)55-38-23-15-21-33-20-14-22-37(49(33)38)54(50)55)53-40(31(5)6)26-45-41-24-35-18-12-13-19-36(35)25-43(41)52-39(30(3)4)27-46(42)57(53)56(45)52/h7-31H,1H2,2-6H3/b32-8+. The Morgan fingerprint density at radius 2 is 1.07 bits per heavy atom. The molecule has 12 rings (SSSR count). The van der Waals surface area contributed by atoms with Crippen LogP contribution >= 0.6 is 0 Å². The SMILES string of the molecule is C=C/C(=C\C)c1c2cc3c(cc2c(-c2ccccc2)c2c4cccc5cccc(c12)c54)c1c(C(C)C)cc2c4c(c(C(C)C)cc3c41)-c1cc3ccccc3cc1-2. The molecule has 0 aliphatic heterocycles. The fraction of sp³-hybridized carbons (Fsp3) is 0.123. The summed E-state index contributed by atoms with van der Waals surface area (Å²) >= 11 is 0. The maximum absolute atomic E-state index is 4.42. The van der Waals surface area contributed by atoms with Crippen LogP contribution in [0.2, 0.25) is 0 Å². The fourth-order valence-corrected chi connectivity index (χ4v) is 11.1. The molecule has 0 N–H and O–H groups in total. The van der Waals surface area contributed by atoms with E-state index in [0.29, 0.717) is 11.8 Å². The van der Waals surface area contributed by atoms with E-state index < -0.39 is 0 Å². The minimum atomic E-state index is 0.347. The molecule has 0 heteroatoms. The molecule has 270 valence electrons. The molecule has 0 radical (unpaired) electrons. The molecular formula is C57H42. The van der Waals surface area contributed by atoms with Crippen LogP contribution in [0.1, 0.15) is 63.1 Å². The molecule has 1 aliphatic carbocycles. The van der Waals surface area contributed by atoms with Crippen LogP contribution < -0.4 is 0 Å². The van der Waals surface area contributed by atoms with Crippen molar-refractivity contribution in [2.24, 2.45) is 0 Å². The van der Waals surface area contributed by atoms with Crippen LogP contribution in [0.25, 0.3) is 125 Å². The molecule has 0 saturated heterocycles. The monoisotopic (exact) mass is 726 g/mol. The quantitative estimate of drug-likeness (QED) is 0.155. The van der Waals surface area contributed by atoms with Crippen LogP contribution in [0.4, 0.5) is 0 Å². The van der Waals surface area contributed by atoms with E-state index in [0.717, 1.165) is 0 Å². The molecule has 0 atom stereocenters. The summed E-state index contributed by atoms with van der Waals surface area (Å²) in [5.74, 6) is 0.709. The largest absolute Gasteiger partial charge is 0.0985 e. The number of benzene rings is 9. The van der Waals surface area contributed by atoms with Gasteiger partial charge in [-0.1, -0.05) is 137 Å². The first-order chi connectivity index (χ1) is 27.9. The van der Waals surface area contributed by atoms with Gasteiger partial charge in [0, 0.05) is 0 Å². The number of hydrogen-bond donors (Lipinski definition) is 0. The molecule has 11 aromatic carbocycles. The third kappa shape index (κ3) is 4.13. The Kier molecular flexibility index (Phi) is 6.62. The molecule has 0 spiro atoms. The molecule has 57 heavy (non-hydrogen) atoms. The topological polar surface area (TPSA) is 0 Å². The Hall–Kier alpha value is -6.50. The van der Waals surface area contributed by atoms with E-state index in [4.69, 9.17) is 0 Å². The Bertz CT molecular complexity index is 3570. The third-order valence-corrected chi connectivity index (χ3v) is 13.5. The van der Waals surface area contributed by atoms with Gasteiger partial charge >= 0.3 is 0 Å². The van der Waals surface area contributed by atoms with Crippen LogP contribution in [-0.2, 0) is 0 Å². The Balaban J connectivity index is 1.36. The van der Waals surface area contributed by atoms with Gasteiger partial charge in [-0.2, -0.15) is 0 Å². The Morgan fingerprint density at radius 3 is 1.75 bits per heavy atom. The highest BCUT2D eigenvalue weighted by Gasteiger charge is 2.32. The van der Waals surface area contributed by atoms with Crippen LogP contribution in [-0.4, -0.2) is 0 Å². The van der Waals surface area contributed by atoms with Gasteiger partial charge in [0.05, 0.1) is 0 Å². The van der Waals surface area contributed by atoms with E-state index in [1.807, 2.05) is 0 Å². The lowest BCUT2D eigenvalue weighted by Crippen LogP contribution is -1.94. The predicted octanol–water partition coefficient (Wildman–Crippen LogP) is 16.9. The van der Waals surface area contributed by atoms with Gasteiger partial charge in [0.1, 0.15) is 0 Å². The first-order valence-electron chi connectivity index (χ1n) is 20.6. The third-order valence-electron chi connectivity index (χ3n) is 13.5. The van der Waals surface area contributed by atoms with E-state index >= 15 is 0 Å². The molecule has 1 aliphatic rings. The maximum Gasteiger partial charge on any atom is -0.000741 e. The summed E-state index contributed by atoms with van der Waals surface area (Å²) in [7, 11) is 0. The number of fused-ring (bicyclic) bond motifs is 11. The summed E-state index contributed by atoms with van der Waals surface area (Å²) in [5.41, 5.74) is 13.5. The van der Waals surface area contributed by atoms with Crippen molar-refractivity contribution in [1.82, 2.24) is 0 Å². The predicted molar refractivity (Wildman–Crippen MR) is 251 cm³/mol. The Morgan fingerprint density at radius 1 is 0.439 bits per heavy atom. The Labute approximate surface area is 333 Å². The molecule has 0 unspecified atom stereocenters. The number of allylic oxidation sites excluding steroid dienone is 3. The maximum atomic E-state index is 4.42. The van der Waals surface area contributed by atoms with Gasteiger partial charge in [-0.15, -0.1) is 0 Å². The van der Waals surface area contributed by atoms with Crippen LogP contribution in [0.15, 0.2) is 146 Å². The summed E-state index contributed by atoms with van der Waals surface area (Å²) in [5, 5.41) is 21.5. The molecule has 0 fully saturated rings. The zero-order valence-corrected chi connectivity index (χ0v) is 33.1. The minimum Gasteiger partial charge on any atom is -0.0985 e. The van der Waals surface area contributed by atoms with Gasteiger partial charge in [-0.05, 0) is 197 Å². The minimum absolute atomic E-state index is 0.347. The summed E-state index contributed by atoms with van der Waals surface area (Å²) in [6, 6.07) is 48.9. The zero-order valence-electron chi connectivity index (χ0n) is 33.1. The van der Waals surface area contributed by atoms with E-state index in [-0.39, 0.29) is 0 Å². The van der Waals surface area contributed by atoms with Crippen molar-refractivity contribution in [3.63, 3.8) is 0 Å². The summed E-state index contributed by atoms with van der Waals surface area (Å²) in [6.07, 6.45) is 4.32. The molecule has 0 saturated carbocycles. The summed E-state index contributed by atoms with van der Waals surface area (Å²) < 4.78 is 0. The summed E-state index contributed by atoms with van der Waals surface area (Å²) in [6.45, 7) is 16.1. The van der Waals surface area contributed by atoms with Crippen molar-refractivity contribution in [2.75, 3.05) is 0 Å². The van der Waals surface area contributed by atoms with Crippen molar-refractivity contribution in [2.45, 2.75) is 46.5 Å². The average molecular weight is 727 g/mol. The molecular weight excluding hydrogens is 685 g/mol. The molecule has 11 aromatic rings. The lowest BCUT2D eigenvalue weighted by atomic mass is 9.85. The second-order valence-electron chi connectivity index (χ2n) is 17.0. The lowest BCUT2D eigenvalue weighted by Gasteiger charge is -2.18. The molecule has 0 heterocycles. The highest BCUT2D eigenvalue weighted by atomic mass is 14.3. The highest BCUT2D eigenvalue weighted by molar-refractivity contribution is 6.42. The van der Waals surface area contributed by atoms with Crippen LogP contribution in [0, 0.1) is 0 Å².